The second kappa shape index (κ2) is 9.45. The van der Waals surface area contributed by atoms with Gasteiger partial charge in [-0.2, -0.15) is 0 Å². The Morgan fingerprint density at radius 2 is 2.32 bits per heavy atom. The van der Waals surface area contributed by atoms with Gasteiger partial charge in [0.1, 0.15) is 5.76 Å². The highest BCUT2D eigenvalue weighted by atomic mass is 32.2. The van der Waals surface area contributed by atoms with Crippen molar-refractivity contribution in [2.45, 2.75) is 45.6 Å². The molecule has 1 atom stereocenters. The number of esters is 1. The third-order valence-corrected chi connectivity index (χ3v) is 4.59. The van der Waals surface area contributed by atoms with Gasteiger partial charge < -0.3 is 19.5 Å². The molecular formula is C16H23N3O5S. The van der Waals surface area contributed by atoms with Gasteiger partial charge in [0.2, 0.25) is 0 Å². The summed E-state index contributed by atoms with van der Waals surface area (Å²) < 4.78 is 10.2. The standard InChI is InChI=1S/C16H23N3O5S/c1-3-4-5-12(15(21)17-13-10-11(2)24-18-13)23-14(20)6-7-19-8-9-25-16(19)22/h10,12H,3-9H2,1-2H3,(H,17,18,21). The molecule has 1 N–H and O–H groups in total. The van der Waals surface area contributed by atoms with Crippen LogP contribution in [0.25, 0.3) is 0 Å². The van der Waals surface area contributed by atoms with E-state index in [4.69, 9.17) is 9.26 Å². The number of carbonyl (C=O) groups excluding carboxylic acids is 3. The van der Waals surface area contributed by atoms with Crippen molar-refractivity contribution in [1.82, 2.24) is 10.1 Å². The average molecular weight is 369 g/mol. The zero-order valence-electron chi connectivity index (χ0n) is 14.4. The molecule has 1 saturated heterocycles. The van der Waals surface area contributed by atoms with Crippen LogP contribution >= 0.6 is 11.8 Å². The maximum Gasteiger partial charge on any atom is 0.308 e. The van der Waals surface area contributed by atoms with Gasteiger partial charge in [-0.3, -0.25) is 14.4 Å². The lowest BCUT2D eigenvalue weighted by Crippen LogP contribution is -2.34. The molecule has 138 valence electrons. The summed E-state index contributed by atoms with van der Waals surface area (Å²) in [6.07, 6.45) is 1.26. The van der Waals surface area contributed by atoms with Crippen LogP contribution in [0.5, 0.6) is 0 Å². The maximum atomic E-state index is 12.3. The fourth-order valence-corrected chi connectivity index (χ4v) is 3.19. The van der Waals surface area contributed by atoms with Gasteiger partial charge in [0, 0.05) is 24.9 Å². The summed E-state index contributed by atoms with van der Waals surface area (Å²) in [5, 5.41) is 6.27. The molecular weight excluding hydrogens is 346 g/mol. The molecule has 2 rings (SSSR count). The summed E-state index contributed by atoms with van der Waals surface area (Å²) in [4.78, 5) is 37.5. The van der Waals surface area contributed by atoms with Gasteiger partial charge in [0.25, 0.3) is 11.1 Å². The summed E-state index contributed by atoms with van der Waals surface area (Å²) >= 11 is 1.25. The van der Waals surface area contributed by atoms with E-state index in [1.165, 1.54) is 11.8 Å². The number of aromatic nitrogens is 1. The summed E-state index contributed by atoms with van der Waals surface area (Å²) in [7, 11) is 0. The van der Waals surface area contributed by atoms with Crippen LogP contribution in [0.4, 0.5) is 10.6 Å². The summed E-state index contributed by atoms with van der Waals surface area (Å²) in [6.45, 7) is 4.67. The first-order chi connectivity index (χ1) is 12.0. The lowest BCUT2D eigenvalue weighted by Gasteiger charge is -2.18. The molecule has 2 heterocycles. The van der Waals surface area contributed by atoms with E-state index in [1.54, 1.807) is 17.9 Å². The third kappa shape index (κ3) is 6.08. The number of thioether (sulfide) groups is 1. The number of anilines is 1. The predicted molar refractivity (Wildman–Crippen MR) is 93.3 cm³/mol. The Morgan fingerprint density at radius 1 is 1.52 bits per heavy atom. The molecule has 1 unspecified atom stereocenters. The molecule has 2 amide bonds. The number of carbonyl (C=O) groups is 3. The molecule has 1 aromatic rings. The van der Waals surface area contributed by atoms with E-state index in [-0.39, 0.29) is 11.7 Å². The van der Waals surface area contributed by atoms with Crippen molar-refractivity contribution in [2.24, 2.45) is 0 Å². The van der Waals surface area contributed by atoms with Gasteiger partial charge in [-0.05, 0) is 19.8 Å². The number of aryl methyl sites for hydroxylation is 1. The van der Waals surface area contributed by atoms with Crippen LogP contribution in [0, 0.1) is 6.92 Å². The molecule has 1 aliphatic rings. The first-order valence-electron chi connectivity index (χ1n) is 8.35. The van der Waals surface area contributed by atoms with E-state index in [1.807, 2.05) is 6.92 Å². The minimum atomic E-state index is -0.881. The van der Waals surface area contributed by atoms with Crippen LogP contribution in [0.15, 0.2) is 10.6 Å². The van der Waals surface area contributed by atoms with Gasteiger partial charge >= 0.3 is 5.97 Å². The Labute approximate surface area is 150 Å². The van der Waals surface area contributed by atoms with E-state index >= 15 is 0 Å². The number of hydrogen-bond donors (Lipinski definition) is 1. The first-order valence-corrected chi connectivity index (χ1v) is 9.33. The smallest absolute Gasteiger partial charge is 0.308 e. The van der Waals surface area contributed by atoms with Crippen molar-refractivity contribution in [3.8, 4) is 0 Å². The van der Waals surface area contributed by atoms with E-state index in [2.05, 4.69) is 10.5 Å². The van der Waals surface area contributed by atoms with Crippen molar-refractivity contribution in [3.63, 3.8) is 0 Å². The molecule has 1 aliphatic heterocycles. The number of ether oxygens (including phenoxy) is 1. The van der Waals surface area contributed by atoms with Crippen LogP contribution in [-0.2, 0) is 14.3 Å². The molecule has 0 radical (unpaired) electrons. The lowest BCUT2D eigenvalue weighted by atomic mass is 10.1. The Morgan fingerprint density at radius 3 is 2.92 bits per heavy atom. The predicted octanol–water partition coefficient (Wildman–Crippen LogP) is 2.58. The Bertz CT molecular complexity index is 619. The summed E-state index contributed by atoms with van der Waals surface area (Å²) in [6, 6.07) is 1.59. The number of amides is 2. The van der Waals surface area contributed by atoms with Crippen LogP contribution in [0.1, 0.15) is 38.4 Å². The number of nitrogens with one attached hydrogen (secondary N) is 1. The van der Waals surface area contributed by atoms with Crippen LogP contribution in [0.3, 0.4) is 0 Å². The second-order valence-electron chi connectivity index (χ2n) is 5.78. The topological polar surface area (TPSA) is 102 Å². The summed E-state index contributed by atoms with van der Waals surface area (Å²) in [5.74, 6) is 0.692. The van der Waals surface area contributed by atoms with E-state index in [0.29, 0.717) is 31.1 Å². The van der Waals surface area contributed by atoms with E-state index in [9.17, 15) is 14.4 Å². The summed E-state index contributed by atoms with van der Waals surface area (Å²) in [5.41, 5.74) is 0. The van der Waals surface area contributed by atoms with Crippen molar-refractivity contribution in [2.75, 3.05) is 24.2 Å². The molecule has 1 fully saturated rings. The quantitative estimate of drug-likeness (QED) is 0.667. The molecule has 25 heavy (non-hydrogen) atoms. The molecule has 1 aromatic heterocycles. The normalized spacial score (nSPS) is 15.3. The number of hydrogen-bond acceptors (Lipinski definition) is 7. The number of unbranched alkanes of at least 4 members (excludes halogenated alkanes) is 1. The molecule has 0 bridgehead atoms. The van der Waals surface area contributed by atoms with Gasteiger partial charge in [0.05, 0.1) is 6.42 Å². The highest BCUT2D eigenvalue weighted by Crippen LogP contribution is 2.18. The molecule has 9 heteroatoms. The van der Waals surface area contributed by atoms with Crippen molar-refractivity contribution in [1.29, 1.82) is 0 Å². The van der Waals surface area contributed by atoms with Gasteiger partial charge in [-0.15, -0.1) is 0 Å². The maximum absolute atomic E-state index is 12.3. The SMILES string of the molecule is CCCCC(OC(=O)CCN1CCSC1=O)C(=O)Nc1cc(C)on1. The minimum absolute atomic E-state index is 0.0190. The third-order valence-electron chi connectivity index (χ3n) is 3.70. The van der Waals surface area contributed by atoms with Gasteiger partial charge in [0.15, 0.2) is 11.9 Å². The molecule has 0 aliphatic carbocycles. The van der Waals surface area contributed by atoms with Crippen LogP contribution in [-0.4, -0.2) is 52.1 Å². The average Bonchev–Trinajstić information content (AvgIpc) is 3.17. The molecule has 8 nitrogen and oxygen atoms in total. The van der Waals surface area contributed by atoms with Gasteiger partial charge in [-0.1, -0.05) is 30.3 Å². The molecule has 0 spiro atoms. The highest BCUT2D eigenvalue weighted by molar-refractivity contribution is 8.13. The largest absolute Gasteiger partial charge is 0.452 e. The second-order valence-corrected chi connectivity index (χ2v) is 6.83. The van der Waals surface area contributed by atoms with Crippen molar-refractivity contribution in [3.05, 3.63) is 11.8 Å². The molecule has 0 aromatic carbocycles. The van der Waals surface area contributed by atoms with Crippen molar-refractivity contribution >= 4 is 34.7 Å². The van der Waals surface area contributed by atoms with Crippen LogP contribution in [0.2, 0.25) is 0 Å². The zero-order valence-corrected chi connectivity index (χ0v) is 15.3. The van der Waals surface area contributed by atoms with E-state index < -0.39 is 18.0 Å². The molecule has 0 saturated carbocycles. The Hall–Kier alpha value is -2.03. The zero-order chi connectivity index (χ0) is 18.2. The Kier molecular flexibility index (Phi) is 7.30. The first kappa shape index (κ1) is 19.3. The van der Waals surface area contributed by atoms with Crippen molar-refractivity contribution < 1.29 is 23.6 Å². The monoisotopic (exact) mass is 369 g/mol. The van der Waals surface area contributed by atoms with Gasteiger partial charge in [-0.25, -0.2) is 0 Å². The fourth-order valence-electron chi connectivity index (χ4n) is 2.34. The van der Waals surface area contributed by atoms with Crippen LogP contribution < -0.4 is 5.32 Å². The minimum Gasteiger partial charge on any atom is -0.452 e. The fraction of sp³-hybridized carbons (Fsp3) is 0.625. The number of rotatable bonds is 9. The highest BCUT2D eigenvalue weighted by Gasteiger charge is 2.25. The lowest BCUT2D eigenvalue weighted by molar-refractivity contribution is -0.154. The van der Waals surface area contributed by atoms with E-state index in [0.717, 1.165) is 18.6 Å². The number of nitrogens with zero attached hydrogens (tertiary/aromatic N) is 2. The Balaban J connectivity index is 1.85.